The average molecular weight is 216 g/mol. The Hall–Kier alpha value is -0.991. The normalized spacial score (nSPS) is 8.42. The van der Waals surface area contributed by atoms with Crippen LogP contribution in [0, 0.1) is 0 Å². The molecule has 0 saturated carbocycles. The molecule has 0 saturated heterocycles. The molecule has 3 nitrogen and oxygen atoms in total. The molecule has 0 atom stereocenters. The molecule has 1 aromatic rings. The van der Waals surface area contributed by atoms with Gasteiger partial charge in [0.2, 0.25) is 0 Å². The van der Waals surface area contributed by atoms with Gasteiger partial charge in [0.1, 0.15) is 0 Å². The zero-order valence-electron chi connectivity index (χ0n) is 6.37. The van der Waals surface area contributed by atoms with Gasteiger partial charge >= 0.3 is 17.1 Å². The van der Waals surface area contributed by atoms with Crippen LogP contribution in [0.25, 0.3) is 0 Å². The van der Waals surface area contributed by atoms with Crippen LogP contribution in [0.1, 0.15) is 10.4 Å². The number of hydrogen-bond donors (Lipinski definition) is 1. The fraction of sp³-hybridized carbons (Fsp3) is 0.125. The van der Waals surface area contributed by atoms with Crippen LogP contribution in [-0.4, -0.2) is 18.5 Å². The van der Waals surface area contributed by atoms with Crippen molar-refractivity contribution in [1.82, 2.24) is 0 Å². The van der Waals surface area contributed by atoms with Gasteiger partial charge in [-0.2, -0.15) is 0 Å². The minimum absolute atomic E-state index is 0. The van der Waals surface area contributed by atoms with E-state index in [1.165, 1.54) is 13.2 Å². The van der Waals surface area contributed by atoms with Crippen molar-refractivity contribution in [3.05, 3.63) is 23.8 Å². The molecule has 1 radical (unpaired) electrons. The molecule has 0 heterocycles. The molecule has 1 N–H and O–H groups in total. The summed E-state index contributed by atoms with van der Waals surface area (Å²) in [5.41, 5.74) is 0.240. The van der Waals surface area contributed by atoms with Crippen LogP contribution in [0.5, 0.6) is 11.5 Å². The Morgan fingerprint density at radius 2 is 2.17 bits per heavy atom. The maximum Gasteiger partial charge on any atom is 2.00 e. The van der Waals surface area contributed by atoms with Gasteiger partial charge in [0.25, 0.3) is 0 Å². The Labute approximate surface area is 80.8 Å². The molecule has 1 aromatic carbocycles. The third-order valence-corrected chi connectivity index (χ3v) is 1.38. The number of para-hydroxylation sites is 1. The van der Waals surface area contributed by atoms with E-state index in [4.69, 9.17) is 4.74 Å². The maximum atomic E-state index is 10.3. The number of rotatable bonds is 2. The first-order valence-electron chi connectivity index (χ1n) is 3.10. The molecule has 0 amide bonds. The Bertz CT molecular complexity index is 273. The molecule has 0 aliphatic heterocycles. The third kappa shape index (κ3) is 2.00. The third-order valence-electron chi connectivity index (χ3n) is 1.38. The molecular weight excluding hydrogens is 208 g/mol. The number of phenolic OH excluding ortho intramolecular Hbond substituents is 1. The summed E-state index contributed by atoms with van der Waals surface area (Å²) in [5, 5.41) is 9.23. The van der Waals surface area contributed by atoms with Crippen molar-refractivity contribution in [3.8, 4) is 11.5 Å². The predicted octanol–water partition coefficient (Wildman–Crippen LogP) is 1.21. The summed E-state index contributed by atoms with van der Waals surface area (Å²) in [4.78, 5) is 10.3. The number of benzene rings is 1. The summed E-state index contributed by atoms with van der Waals surface area (Å²) in [6, 6.07) is 4.75. The number of ether oxygens (including phenoxy) is 1. The van der Waals surface area contributed by atoms with Crippen LogP contribution in [0.3, 0.4) is 0 Å². The minimum Gasteiger partial charge on any atom is -0.504 e. The van der Waals surface area contributed by atoms with Crippen LogP contribution >= 0.6 is 0 Å². The van der Waals surface area contributed by atoms with E-state index in [1.54, 1.807) is 12.1 Å². The summed E-state index contributed by atoms with van der Waals surface area (Å²) < 4.78 is 4.78. The number of methoxy groups -OCH3 is 1. The maximum absolute atomic E-state index is 10.3. The predicted molar refractivity (Wildman–Crippen MR) is 40.0 cm³/mol. The van der Waals surface area contributed by atoms with E-state index in [-0.39, 0.29) is 28.4 Å². The Kier molecular flexibility index (Phi) is 4.40. The van der Waals surface area contributed by atoms with Gasteiger partial charge in [-0.15, -0.1) is 0 Å². The molecular formula is C8H8CuO3+2. The van der Waals surface area contributed by atoms with Gasteiger partial charge in [-0.05, 0) is 12.1 Å². The van der Waals surface area contributed by atoms with Gasteiger partial charge in [-0.25, -0.2) is 0 Å². The first kappa shape index (κ1) is 11.0. The second kappa shape index (κ2) is 4.80. The van der Waals surface area contributed by atoms with Crippen molar-refractivity contribution in [2.75, 3.05) is 7.11 Å². The largest absolute Gasteiger partial charge is 2.00 e. The number of hydrogen-bond acceptors (Lipinski definition) is 3. The Balaban J connectivity index is 0.00000121. The number of aromatic hydroxyl groups is 1. The average Bonchev–Trinajstić information content (AvgIpc) is 2.05. The molecule has 0 aliphatic rings. The zero-order valence-corrected chi connectivity index (χ0v) is 7.32. The van der Waals surface area contributed by atoms with Crippen molar-refractivity contribution < 1.29 is 31.7 Å². The molecule has 12 heavy (non-hydrogen) atoms. The molecule has 67 valence electrons. The molecule has 0 unspecified atom stereocenters. The summed E-state index contributed by atoms with van der Waals surface area (Å²) in [5.74, 6) is 0.208. The molecule has 0 aliphatic carbocycles. The quantitative estimate of drug-likeness (QED) is 0.596. The molecule has 0 spiro atoms. The van der Waals surface area contributed by atoms with E-state index < -0.39 is 0 Å². The molecule has 1 rings (SSSR count). The van der Waals surface area contributed by atoms with Gasteiger partial charge in [-0.1, -0.05) is 6.07 Å². The van der Waals surface area contributed by atoms with Crippen LogP contribution in [-0.2, 0) is 17.1 Å². The van der Waals surface area contributed by atoms with Gasteiger partial charge < -0.3 is 9.84 Å². The van der Waals surface area contributed by atoms with Crippen molar-refractivity contribution in [1.29, 1.82) is 0 Å². The number of aldehydes is 1. The smallest absolute Gasteiger partial charge is 0.504 e. The standard InChI is InChI=1S/C8H8O3.Cu/c1-11-7-4-2-3-6(5-9)8(7)10;/h2-5,10H,1H3;/q;+2. The number of carbonyl (C=O) groups excluding carboxylic acids is 1. The van der Waals surface area contributed by atoms with Gasteiger partial charge in [0, 0.05) is 0 Å². The fourth-order valence-corrected chi connectivity index (χ4v) is 0.799. The second-order valence-corrected chi connectivity index (χ2v) is 2.02. The van der Waals surface area contributed by atoms with E-state index >= 15 is 0 Å². The summed E-state index contributed by atoms with van der Waals surface area (Å²) >= 11 is 0. The first-order valence-corrected chi connectivity index (χ1v) is 3.10. The zero-order chi connectivity index (χ0) is 8.27. The Morgan fingerprint density at radius 1 is 1.50 bits per heavy atom. The number of carbonyl (C=O) groups is 1. The molecule has 4 heteroatoms. The van der Waals surface area contributed by atoms with E-state index in [2.05, 4.69) is 0 Å². The van der Waals surface area contributed by atoms with Crippen molar-refractivity contribution in [3.63, 3.8) is 0 Å². The summed E-state index contributed by atoms with van der Waals surface area (Å²) in [7, 11) is 1.43. The number of phenols is 1. The first-order chi connectivity index (χ1) is 5.29. The van der Waals surface area contributed by atoms with E-state index in [0.717, 1.165) is 0 Å². The van der Waals surface area contributed by atoms with Crippen LogP contribution in [0.4, 0.5) is 0 Å². The van der Waals surface area contributed by atoms with Gasteiger partial charge in [0.15, 0.2) is 17.8 Å². The monoisotopic (exact) mass is 215 g/mol. The van der Waals surface area contributed by atoms with Crippen molar-refractivity contribution in [2.45, 2.75) is 0 Å². The summed E-state index contributed by atoms with van der Waals surface area (Å²) in [6.45, 7) is 0. The van der Waals surface area contributed by atoms with Crippen LogP contribution in [0.2, 0.25) is 0 Å². The SMILES string of the molecule is COc1cccc(C=O)c1O.[Cu+2]. The van der Waals surface area contributed by atoms with E-state index in [0.29, 0.717) is 12.0 Å². The van der Waals surface area contributed by atoms with Crippen molar-refractivity contribution >= 4 is 6.29 Å². The van der Waals surface area contributed by atoms with Crippen molar-refractivity contribution in [2.24, 2.45) is 0 Å². The second-order valence-electron chi connectivity index (χ2n) is 2.02. The van der Waals surface area contributed by atoms with Crippen LogP contribution < -0.4 is 4.74 Å². The Morgan fingerprint density at radius 3 is 2.67 bits per heavy atom. The van der Waals surface area contributed by atoms with Crippen LogP contribution in [0.15, 0.2) is 18.2 Å². The molecule has 0 bridgehead atoms. The minimum atomic E-state index is -0.106. The van der Waals surface area contributed by atoms with E-state index in [1.807, 2.05) is 0 Å². The topological polar surface area (TPSA) is 46.5 Å². The molecule has 0 fully saturated rings. The van der Waals surface area contributed by atoms with E-state index in [9.17, 15) is 9.90 Å². The van der Waals surface area contributed by atoms with Gasteiger partial charge in [-0.3, -0.25) is 4.79 Å². The fourth-order valence-electron chi connectivity index (χ4n) is 0.799. The van der Waals surface area contributed by atoms with Gasteiger partial charge in [0.05, 0.1) is 12.7 Å². The summed E-state index contributed by atoms with van der Waals surface area (Å²) in [6.07, 6.45) is 0.581. The molecule has 0 aromatic heterocycles.